The topological polar surface area (TPSA) is 63.3 Å². The lowest BCUT2D eigenvalue weighted by Crippen LogP contribution is -2.35. The van der Waals surface area contributed by atoms with Crippen molar-refractivity contribution in [3.8, 4) is 0 Å². The summed E-state index contributed by atoms with van der Waals surface area (Å²) < 4.78 is 68.1. The van der Waals surface area contributed by atoms with Crippen LogP contribution in [0.3, 0.4) is 0 Å². The molecule has 0 amide bonds. The van der Waals surface area contributed by atoms with E-state index in [1.165, 1.54) is 21.1 Å². The third-order valence-electron chi connectivity index (χ3n) is 1.03. The average Bonchev–Trinajstić information content (AvgIpc) is 2.22. The maximum Gasteiger partial charge on any atom is 0.320 e. The van der Waals surface area contributed by atoms with E-state index >= 15 is 0 Å². The van der Waals surface area contributed by atoms with E-state index in [0.29, 0.717) is 0 Å². The minimum absolute atomic E-state index is 0.0773. The van der Waals surface area contributed by atoms with Crippen LogP contribution in [0.5, 0.6) is 0 Å². The molecule has 0 spiro atoms. The van der Waals surface area contributed by atoms with Gasteiger partial charge in [-0.3, -0.25) is 4.79 Å². The number of aliphatic carboxylic acids is 1. The summed E-state index contributed by atoms with van der Waals surface area (Å²) in [5, 5.41) is 9.00. The summed E-state index contributed by atoms with van der Waals surface area (Å²) in [6, 6.07) is -3.64. The normalized spacial score (nSPS) is 30.3. The minimum Gasteiger partial charge on any atom is -0.480 e. The van der Waals surface area contributed by atoms with Crippen molar-refractivity contribution >= 4 is 5.97 Å². The zero-order valence-electron chi connectivity index (χ0n) is 17.0. The smallest absolute Gasteiger partial charge is 0.320 e. The molecule has 0 aliphatic carbocycles. The van der Waals surface area contributed by atoms with Crippen molar-refractivity contribution < 1.29 is 26.8 Å². The van der Waals surface area contributed by atoms with Gasteiger partial charge in [0.05, 0.1) is 29.1 Å². The van der Waals surface area contributed by atoms with Crippen LogP contribution in [0.15, 0.2) is 0 Å². The van der Waals surface area contributed by atoms with Gasteiger partial charge in [-0.15, -0.1) is 0 Å². The van der Waals surface area contributed by atoms with E-state index in [1.807, 2.05) is 0 Å². The number of rotatable bonds is 7. The fourth-order valence-corrected chi connectivity index (χ4v) is 0.434. The maximum absolute atomic E-state index is 11.2. The highest BCUT2D eigenvalue weighted by molar-refractivity contribution is 5.72. The van der Waals surface area contributed by atoms with Crippen LogP contribution in [0, 0.1) is 0 Å². The van der Waals surface area contributed by atoms with Gasteiger partial charge in [-0.2, -0.15) is 0 Å². The molecule has 0 aromatic rings. The number of nitrogens with two attached hydrogens (primary N) is 1. The minimum atomic E-state index is -3.69. The van der Waals surface area contributed by atoms with Crippen LogP contribution in [-0.2, 0) is 4.79 Å². The van der Waals surface area contributed by atoms with Crippen molar-refractivity contribution in [2.75, 3.05) is 27.7 Å². The first-order chi connectivity index (χ1) is 9.34. The molecular weight excluding hydrogens is 168 g/mol. The summed E-state index contributed by atoms with van der Waals surface area (Å²) >= 11 is 0. The molecule has 0 fully saturated rings. The Morgan fingerprint density at radius 1 is 1.69 bits per heavy atom. The first-order valence-corrected chi connectivity index (χ1v) is 3.66. The molecule has 0 aromatic carbocycles. The lowest BCUT2D eigenvalue weighted by molar-refractivity contribution is -0.870. The van der Waals surface area contributed by atoms with E-state index in [1.54, 1.807) is 0 Å². The molecule has 0 aromatic heterocycles. The van der Waals surface area contributed by atoms with Crippen molar-refractivity contribution in [2.45, 2.75) is 25.1 Å². The van der Waals surface area contributed by atoms with Gasteiger partial charge in [0, 0.05) is 8.22 Å². The van der Waals surface area contributed by atoms with E-state index in [2.05, 4.69) is 0 Å². The van der Waals surface area contributed by atoms with Crippen LogP contribution in [0.25, 0.3) is 0 Å². The summed E-state index contributed by atoms with van der Waals surface area (Å²) in [6.07, 6.45) is -9.99. The fraction of sp³-hybridized carbons (Fsp3) is 0.889. The zero-order chi connectivity index (χ0) is 18.4. The van der Waals surface area contributed by atoms with Crippen LogP contribution in [0.1, 0.15) is 28.7 Å². The first-order valence-electron chi connectivity index (χ1n) is 8.06. The Labute approximate surface area is 91.3 Å². The van der Waals surface area contributed by atoms with Crippen molar-refractivity contribution in [1.29, 1.82) is 0 Å². The van der Waals surface area contributed by atoms with Gasteiger partial charge < -0.3 is 15.3 Å². The molecule has 4 nitrogen and oxygen atoms in total. The van der Waals surface area contributed by atoms with Crippen molar-refractivity contribution in [3.05, 3.63) is 0 Å². The molecule has 0 aliphatic rings. The summed E-state index contributed by atoms with van der Waals surface area (Å²) in [4.78, 5) is 11.2. The summed E-state index contributed by atoms with van der Waals surface area (Å²) in [5.74, 6) is -2.26. The molecule has 13 heavy (non-hydrogen) atoms. The summed E-state index contributed by atoms with van der Waals surface area (Å²) in [7, 11) is 4.61. The van der Waals surface area contributed by atoms with Crippen molar-refractivity contribution in [1.82, 2.24) is 0 Å². The van der Waals surface area contributed by atoms with Crippen molar-refractivity contribution in [3.63, 3.8) is 0 Å². The number of hydrogen-bond donors (Lipinski definition) is 2. The summed E-state index contributed by atoms with van der Waals surface area (Å²) in [5.41, 5.74) is -0.769. The number of carboxylic acids is 1. The summed E-state index contributed by atoms with van der Waals surface area (Å²) in [6.45, 7) is -0.509. The van der Waals surface area contributed by atoms with Gasteiger partial charge in [0.15, 0.2) is 0 Å². The van der Waals surface area contributed by atoms with Crippen LogP contribution < -0.4 is 5.72 Å². The molecule has 3 N–H and O–H groups in total. The molecule has 0 saturated carbocycles. The molecule has 1 atom stereocenters. The number of carbonyl (C=O) groups is 1. The van der Waals surface area contributed by atoms with Gasteiger partial charge in [-0.05, 0) is 19.1 Å². The van der Waals surface area contributed by atoms with Crippen LogP contribution >= 0.6 is 0 Å². The Bertz CT molecular complexity index is 435. The molecule has 0 radical (unpaired) electrons. The molecule has 4 heteroatoms. The highest BCUT2D eigenvalue weighted by atomic mass is 16.4. The quantitative estimate of drug-likeness (QED) is 0.577. The average molecular weight is 198 g/mol. The van der Waals surface area contributed by atoms with Gasteiger partial charge in [0.25, 0.3) is 0 Å². The van der Waals surface area contributed by atoms with E-state index < -0.39 is 43.4 Å². The van der Waals surface area contributed by atoms with Gasteiger partial charge in [-0.25, -0.2) is 0 Å². The van der Waals surface area contributed by atoms with Gasteiger partial charge in [-0.1, -0.05) is 0 Å². The van der Waals surface area contributed by atoms with Gasteiger partial charge in [0.1, 0.15) is 8.84 Å². The Balaban J connectivity index is 6.10. The molecule has 0 bridgehead atoms. The van der Waals surface area contributed by atoms with E-state index in [0.717, 1.165) is 0 Å². The molecule has 0 rings (SSSR count). The third kappa shape index (κ3) is 7.74. The lowest BCUT2D eigenvalue weighted by atomic mass is 10.1. The van der Waals surface area contributed by atoms with Gasteiger partial charge >= 0.3 is 5.97 Å². The fourth-order valence-electron chi connectivity index (χ4n) is 0.434. The Kier molecular flexibility index (Phi) is 1.54. The van der Waals surface area contributed by atoms with E-state index in [-0.39, 0.29) is 4.48 Å². The number of nitrogens with zero attached hydrogens (tertiary/aromatic N) is 1. The van der Waals surface area contributed by atoms with E-state index in [4.69, 9.17) is 17.5 Å². The van der Waals surface area contributed by atoms with E-state index in [9.17, 15) is 4.79 Å². The second-order valence-electron chi connectivity index (χ2n) is 3.53. The Morgan fingerprint density at radius 3 is 2.69 bits per heavy atom. The predicted molar refractivity (Wildman–Crippen MR) is 52.4 cm³/mol. The van der Waals surface area contributed by atoms with Crippen LogP contribution in [0.4, 0.5) is 0 Å². The number of carboxylic acid groups (broad SMARTS) is 1. The number of quaternary nitrogens is 1. The monoisotopic (exact) mass is 198 g/mol. The second kappa shape index (κ2) is 5.19. The lowest BCUT2D eigenvalue weighted by Gasteiger charge is -2.23. The standard InChI is InChI=1S/C9H20N2O2/c1-11(2,3)7-5-4-6-8(10)9(12)13/h8H,4-7,10H2,1-3H3/p+1/t8-/m0/s1/i4D2,5D2,6D2,8D/hD2. The molecule has 78 valence electrons. The highest BCUT2D eigenvalue weighted by Crippen LogP contribution is 2.02. The highest BCUT2D eigenvalue weighted by Gasteiger charge is 2.11. The zero-order valence-corrected chi connectivity index (χ0v) is 7.96. The van der Waals surface area contributed by atoms with Crippen LogP contribution in [0.2, 0.25) is 2.82 Å². The molecule has 0 aliphatic heterocycles. The molecular formula is C9H21N2O2+. The number of hydrogen-bond acceptors (Lipinski definition) is 2. The first kappa shape index (κ1) is 3.87. The van der Waals surface area contributed by atoms with Gasteiger partial charge in [0.2, 0.25) is 0 Å². The SMILES string of the molecule is [2H]N([2H])[C@]([2H])(C(=O)O)C([2H])([2H])C([2H])([2H])C([2H])([2H])C[N+](C)(C)C. The maximum atomic E-state index is 11.2. The second-order valence-corrected chi connectivity index (χ2v) is 3.53. The molecule has 0 heterocycles. The molecule has 0 unspecified atom stereocenters. The largest absolute Gasteiger partial charge is 0.480 e. The third-order valence-corrected chi connectivity index (χ3v) is 1.03. The Hall–Kier alpha value is -0.610. The van der Waals surface area contributed by atoms with Crippen molar-refractivity contribution in [2.24, 2.45) is 5.72 Å². The Morgan fingerprint density at radius 2 is 2.31 bits per heavy atom. The van der Waals surface area contributed by atoms with Crippen LogP contribution in [-0.4, -0.2) is 49.3 Å². The predicted octanol–water partition coefficient (Wildman–Crippen LogP) is 0.275. The molecule has 0 saturated heterocycles.